The summed E-state index contributed by atoms with van der Waals surface area (Å²) < 4.78 is 6.02. The van der Waals surface area contributed by atoms with E-state index >= 15 is 0 Å². The van der Waals surface area contributed by atoms with E-state index in [-0.39, 0.29) is 0 Å². The number of nitrogens with one attached hydrogen (secondary N) is 1. The molecule has 0 atom stereocenters. The number of para-hydroxylation sites is 2. The van der Waals surface area contributed by atoms with Crippen LogP contribution < -0.4 is 15.0 Å². The maximum Gasteiger partial charge on any atom is 0.143 e. The SMILES string of the molecule is c1cncc(COc2ccccc2N2CCCNCC2)c1. The van der Waals surface area contributed by atoms with Gasteiger partial charge in [-0.2, -0.15) is 0 Å². The van der Waals surface area contributed by atoms with Crippen molar-refractivity contribution in [2.45, 2.75) is 13.0 Å². The molecule has 1 fully saturated rings. The number of anilines is 1. The molecule has 4 heteroatoms. The maximum absolute atomic E-state index is 6.02. The van der Waals surface area contributed by atoms with Crippen LogP contribution in [-0.4, -0.2) is 31.2 Å². The van der Waals surface area contributed by atoms with Crippen molar-refractivity contribution in [2.75, 3.05) is 31.1 Å². The predicted octanol–water partition coefficient (Wildman–Crippen LogP) is 2.46. The van der Waals surface area contributed by atoms with E-state index in [0.29, 0.717) is 6.61 Å². The molecule has 1 saturated heterocycles. The van der Waals surface area contributed by atoms with Crippen molar-refractivity contribution in [3.63, 3.8) is 0 Å². The summed E-state index contributed by atoms with van der Waals surface area (Å²) in [5, 5.41) is 3.43. The van der Waals surface area contributed by atoms with Crippen LogP contribution in [0.3, 0.4) is 0 Å². The maximum atomic E-state index is 6.02. The molecule has 21 heavy (non-hydrogen) atoms. The van der Waals surface area contributed by atoms with Crippen molar-refractivity contribution >= 4 is 5.69 Å². The van der Waals surface area contributed by atoms with Crippen LogP contribution >= 0.6 is 0 Å². The summed E-state index contributed by atoms with van der Waals surface area (Å²) in [4.78, 5) is 6.52. The summed E-state index contributed by atoms with van der Waals surface area (Å²) in [6, 6.07) is 12.3. The largest absolute Gasteiger partial charge is 0.487 e. The number of aromatic nitrogens is 1. The highest BCUT2D eigenvalue weighted by atomic mass is 16.5. The van der Waals surface area contributed by atoms with E-state index in [1.807, 2.05) is 30.5 Å². The smallest absolute Gasteiger partial charge is 0.143 e. The fraction of sp³-hybridized carbons (Fsp3) is 0.353. The molecule has 2 aromatic rings. The van der Waals surface area contributed by atoms with E-state index in [2.05, 4.69) is 27.3 Å². The zero-order chi connectivity index (χ0) is 14.3. The number of hydrogen-bond acceptors (Lipinski definition) is 4. The summed E-state index contributed by atoms with van der Waals surface area (Å²) in [6.07, 6.45) is 4.79. The normalized spacial score (nSPS) is 15.5. The van der Waals surface area contributed by atoms with Gasteiger partial charge in [-0.25, -0.2) is 0 Å². The molecule has 0 aliphatic carbocycles. The van der Waals surface area contributed by atoms with Crippen LogP contribution in [0.2, 0.25) is 0 Å². The standard InChI is InChI=1S/C17H21N3O/c1-2-7-17(21-14-15-5-3-8-19-13-15)16(6-1)20-11-4-9-18-10-12-20/h1-3,5-8,13,18H,4,9-12,14H2. The van der Waals surface area contributed by atoms with Crippen LogP contribution in [-0.2, 0) is 6.61 Å². The molecule has 0 bridgehead atoms. The second-order valence-electron chi connectivity index (χ2n) is 5.21. The van der Waals surface area contributed by atoms with Crippen LogP contribution in [0.4, 0.5) is 5.69 Å². The number of rotatable bonds is 4. The second kappa shape index (κ2) is 7.09. The van der Waals surface area contributed by atoms with Crippen molar-refractivity contribution in [1.29, 1.82) is 0 Å². The van der Waals surface area contributed by atoms with Crippen LogP contribution in [0.15, 0.2) is 48.8 Å². The van der Waals surface area contributed by atoms with Crippen LogP contribution in [0, 0.1) is 0 Å². The molecule has 1 aromatic carbocycles. The topological polar surface area (TPSA) is 37.4 Å². The van der Waals surface area contributed by atoms with Crippen molar-refractivity contribution in [2.24, 2.45) is 0 Å². The lowest BCUT2D eigenvalue weighted by Gasteiger charge is -2.24. The van der Waals surface area contributed by atoms with Gasteiger partial charge in [0.15, 0.2) is 0 Å². The van der Waals surface area contributed by atoms with E-state index in [9.17, 15) is 0 Å². The van der Waals surface area contributed by atoms with Gasteiger partial charge in [0.25, 0.3) is 0 Å². The number of ether oxygens (including phenoxy) is 1. The van der Waals surface area contributed by atoms with E-state index in [0.717, 1.165) is 43.9 Å². The number of nitrogens with zero attached hydrogens (tertiary/aromatic N) is 2. The van der Waals surface area contributed by atoms with Crippen LogP contribution in [0.25, 0.3) is 0 Å². The van der Waals surface area contributed by atoms with Gasteiger partial charge in [-0.15, -0.1) is 0 Å². The minimum absolute atomic E-state index is 0.553. The fourth-order valence-electron chi connectivity index (χ4n) is 2.57. The molecule has 110 valence electrons. The highest BCUT2D eigenvalue weighted by molar-refractivity contribution is 5.58. The number of hydrogen-bond donors (Lipinski definition) is 1. The van der Waals surface area contributed by atoms with Crippen LogP contribution in [0.5, 0.6) is 5.75 Å². The lowest BCUT2D eigenvalue weighted by molar-refractivity contribution is 0.306. The van der Waals surface area contributed by atoms with Gasteiger partial charge >= 0.3 is 0 Å². The third kappa shape index (κ3) is 3.73. The molecule has 3 rings (SSSR count). The quantitative estimate of drug-likeness (QED) is 0.935. The minimum atomic E-state index is 0.553. The van der Waals surface area contributed by atoms with Gasteiger partial charge in [0.1, 0.15) is 12.4 Å². The van der Waals surface area contributed by atoms with Crippen LogP contribution in [0.1, 0.15) is 12.0 Å². The van der Waals surface area contributed by atoms with E-state index < -0.39 is 0 Å². The Morgan fingerprint density at radius 2 is 2.05 bits per heavy atom. The molecule has 0 saturated carbocycles. The summed E-state index contributed by atoms with van der Waals surface area (Å²) in [5.74, 6) is 0.947. The first-order valence-corrected chi connectivity index (χ1v) is 7.50. The molecular weight excluding hydrogens is 262 g/mol. The zero-order valence-electron chi connectivity index (χ0n) is 12.2. The van der Waals surface area contributed by atoms with Gasteiger partial charge in [-0.05, 0) is 31.2 Å². The van der Waals surface area contributed by atoms with Crippen molar-refractivity contribution in [3.8, 4) is 5.75 Å². The molecular formula is C17H21N3O. The van der Waals surface area contributed by atoms with E-state index in [4.69, 9.17) is 4.74 Å². The molecule has 2 heterocycles. The Kier molecular flexibility index (Phi) is 4.69. The first-order chi connectivity index (χ1) is 10.4. The molecule has 1 aliphatic rings. The number of benzene rings is 1. The Bertz CT molecular complexity index is 551. The lowest BCUT2D eigenvalue weighted by Crippen LogP contribution is -2.28. The lowest BCUT2D eigenvalue weighted by atomic mass is 10.2. The molecule has 0 unspecified atom stereocenters. The van der Waals surface area contributed by atoms with E-state index in [1.165, 1.54) is 5.69 Å². The fourth-order valence-corrected chi connectivity index (χ4v) is 2.57. The predicted molar refractivity (Wildman–Crippen MR) is 84.7 cm³/mol. The van der Waals surface area contributed by atoms with E-state index in [1.54, 1.807) is 6.20 Å². The average Bonchev–Trinajstić information content (AvgIpc) is 2.83. The van der Waals surface area contributed by atoms with Gasteiger partial charge in [-0.3, -0.25) is 4.98 Å². The summed E-state index contributed by atoms with van der Waals surface area (Å²) in [7, 11) is 0. The summed E-state index contributed by atoms with van der Waals surface area (Å²) in [5.41, 5.74) is 2.27. The third-order valence-electron chi connectivity index (χ3n) is 3.66. The van der Waals surface area contributed by atoms with Gasteiger partial charge in [0.2, 0.25) is 0 Å². The summed E-state index contributed by atoms with van der Waals surface area (Å²) >= 11 is 0. The highest BCUT2D eigenvalue weighted by Gasteiger charge is 2.13. The average molecular weight is 283 g/mol. The Labute approximate surface area is 125 Å². The molecule has 1 aromatic heterocycles. The summed E-state index contributed by atoms with van der Waals surface area (Å²) in [6.45, 7) is 4.76. The first kappa shape index (κ1) is 13.9. The molecule has 0 amide bonds. The molecule has 4 nitrogen and oxygen atoms in total. The van der Waals surface area contributed by atoms with Gasteiger partial charge < -0.3 is 15.0 Å². The first-order valence-electron chi connectivity index (χ1n) is 7.50. The Balaban J connectivity index is 1.72. The van der Waals surface area contributed by atoms with Crippen molar-refractivity contribution in [3.05, 3.63) is 54.4 Å². The highest BCUT2D eigenvalue weighted by Crippen LogP contribution is 2.29. The van der Waals surface area contributed by atoms with Crippen molar-refractivity contribution in [1.82, 2.24) is 10.3 Å². The molecule has 0 radical (unpaired) electrons. The van der Waals surface area contributed by atoms with Gasteiger partial charge in [0.05, 0.1) is 5.69 Å². The molecule has 0 spiro atoms. The van der Waals surface area contributed by atoms with Gasteiger partial charge in [0, 0.05) is 37.6 Å². The third-order valence-corrected chi connectivity index (χ3v) is 3.66. The Morgan fingerprint density at radius 3 is 2.95 bits per heavy atom. The molecule has 1 aliphatic heterocycles. The number of pyridine rings is 1. The van der Waals surface area contributed by atoms with Gasteiger partial charge in [-0.1, -0.05) is 18.2 Å². The zero-order valence-corrected chi connectivity index (χ0v) is 12.2. The molecule has 1 N–H and O–H groups in total. The Morgan fingerprint density at radius 1 is 1.10 bits per heavy atom. The minimum Gasteiger partial charge on any atom is -0.487 e. The monoisotopic (exact) mass is 283 g/mol. The second-order valence-corrected chi connectivity index (χ2v) is 5.21. The Hall–Kier alpha value is -2.07. The van der Waals surface area contributed by atoms with Crippen molar-refractivity contribution < 1.29 is 4.74 Å².